The van der Waals surface area contributed by atoms with Crippen LogP contribution in [0.15, 0.2) is 24.4 Å². The molecule has 0 saturated heterocycles. The lowest BCUT2D eigenvalue weighted by Gasteiger charge is -2.05. The van der Waals surface area contributed by atoms with Crippen LogP contribution in [0.4, 0.5) is 0 Å². The van der Waals surface area contributed by atoms with Gasteiger partial charge < -0.3 is 10.1 Å². The Kier molecular flexibility index (Phi) is 4.12. The molecular weight excluding hydrogens is 246 g/mol. The van der Waals surface area contributed by atoms with Gasteiger partial charge in [0.2, 0.25) is 5.91 Å². The van der Waals surface area contributed by atoms with Gasteiger partial charge in [0.15, 0.2) is 0 Å². The maximum Gasteiger partial charge on any atom is 0.315 e. The van der Waals surface area contributed by atoms with Gasteiger partial charge in [0, 0.05) is 11.9 Å². The summed E-state index contributed by atoms with van der Waals surface area (Å²) in [5.41, 5.74) is 1.85. The number of esters is 1. The van der Waals surface area contributed by atoms with Crippen molar-refractivity contribution in [3.05, 3.63) is 30.0 Å². The van der Waals surface area contributed by atoms with Crippen LogP contribution in [-0.4, -0.2) is 28.7 Å². The van der Waals surface area contributed by atoms with Gasteiger partial charge in [-0.3, -0.25) is 14.7 Å². The zero-order valence-electron chi connectivity index (χ0n) is 10.6. The first-order chi connectivity index (χ1) is 9.19. The highest BCUT2D eigenvalue weighted by Crippen LogP contribution is 2.12. The average molecular weight is 261 g/mol. The minimum Gasteiger partial charge on any atom is -0.466 e. The number of nitrogens with zero attached hydrogens (tertiary/aromatic N) is 1. The fourth-order valence-electron chi connectivity index (χ4n) is 1.70. The summed E-state index contributed by atoms with van der Waals surface area (Å²) in [6, 6.07) is 5.74. The molecule has 0 saturated carbocycles. The van der Waals surface area contributed by atoms with Crippen molar-refractivity contribution in [2.24, 2.45) is 0 Å². The van der Waals surface area contributed by atoms with E-state index in [4.69, 9.17) is 4.74 Å². The maximum absolute atomic E-state index is 11.5. The topological polar surface area (TPSA) is 84.1 Å². The summed E-state index contributed by atoms with van der Waals surface area (Å²) in [6.45, 7) is 2.35. The van der Waals surface area contributed by atoms with E-state index < -0.39 is 5.97 Å². The predicted octanol–water partition coefficient (Wildman–Crippen LogP) is 1.13. The molecule has 0 bridgehead atoms. The summed E-state index contributed by atoms with van der Waals surface area (Å²) in [7, 11) is 0. The third-order valence-electron chi connectivity index (χ3n) is 2.61. The number of rotatable bonds is 5. The highest BCUT2D eigenvalue weighted by molar-refractivity contribution is 5.94. The number of fused-ring (bicyclic) bond motifs is 1. The molecule has 19 heavy (non-hydrogen) atoms. The largest absolute Gasteiger partial charge is 0.466 e. The summed E-state index contributed by atoms with van der Waals surface area (Å²) in [6.07, 6.45) is 1.48. The second-order valence-corrected chi connectivity index (χ2v) is 4.05. The van der Waals surface area contributed by atoms with E-state index in [0.29, 0.717) is 6.54 Å². The number of H-pyrrole nitrogens is 1. The zero-order chi connectivity index (χ0) is 13.7. The van der Waals surface area contributed by atoms with Crippen molar-refractivity contribution >= 4 is 22.8 Å². The van der Waals surface area contributed by atoms with Gasteiger partial charge in [0.05, 0.1) is 18.3 Å². The van der Waals surface area contributed by atoms with Crippen LogP contribution in [0.2, 0.25) is 0 Å². The lowest BCUT2D eigenvalue weighted by Crippen LogP contribution is -2.26. The van der Waals surface area contributed by atoms with Crippen molar-refractivity contribution < 1.29 is 14.3 Å². The monoisotopic (exact) mass is 261 g/mol. The molecule has 0 unspecified atom stereocenters. The molecule has 2 aromatic rings. The van der Waals surface area contributed by atoms with E-state index in [0.717, 1.165) is 16.5 Å². The molecular formula is C13H15N3O3. The molecule has 2 rings (SSSR count). The van der Waals surface area contributed by atoms with Crippen molar-refractivity contribution in [3.8, 4) is 0 Å². The summed E-state index contributed by atoms with van der Waals surface area (Å²) in [5.74, 6) is -0.854. The van der Waals surface area contributed by atoms with E-state index in [-0.39, 0.29) is 18.9 Å². The zero-order valence-corrected chi connectivity index (χ0v) is 10.6. The van der Waals surface area contributed by atoms with Crippen LogP contribution in [0, 0.1) is 0 Å². The van der Waals surface area contributed by atoms with Crippen LogP contribution in [-0.2, 0) is 20.9 Å². The number of aromatic nitrogens is 2. The number of ether oxygens (including phenoxy) is 1. The first kappa shape index (κ1) is 13.1. The maximum atomic E-state index is 11.5. The number of carbonyl (C=O) groups is 2. The molecule has 0 aliphatic rings. The second-order valence-electron chi connectivity index (χ2n) is 4.05. The molecule has 1 aromatic carbocycles. The van der Waals surface area contributed by atoms with Gasteiger partial charge in [-0.05, 0) is 18.6 Å². The quantitative estimate of drug-likeness (QED) is 0.624. The number of aromatic amines is 1. The number of hydrogen-bond acceptors (Lipinski definition) is 4. The van der Waals surface area contributed by atoms with Crippen molar-refractivity contribution in [2.45, 2.75) is 19.9 Å². The van der Waals surface area contributed by atoms with Crippen molar-refractivity contribution in [2.75, 3.05) is 6.61 Å². The molecule has 0 atom stereocenters. The lowest BCUT2D eigenvalue weighted by molar-refractivity contribution is -0.146. The molecule has 1 aromatic heterocycles. The van der Waals surface area contributed by atoms with E-state index in [1.807, 2.05) is 18.2 Å². The van der Waals surface area contributed by atoms with E-state index in [9.17, 15) is 9.59 Å². The van der Waals surface area contributed by atoms with Crippen LogP contribution >= 0.6 is 0 Å². The minimum absolute atomic E-state index is 0.250. The fraction of sp³-hybridized carbons (Fsp3) is 0.308. The van der Waals surface area contributed by atoms with E-state index in [2.05, 4.69) is 15.5 Å². The Balaban J connectivity index is 1.87. The minimum atomic E-state index is -0.510. The molecule has 0 aliphatic carbocycles. The van der Waals surface area contributed by atoms with Crippen LogP contribution < -0.4 is 5.32 Å². The first-order valence-corrected chi connectivity index (χ1v) is 6.03. The average Bonchev–Trinajstić information content (AvgIpc) is 2.83. The molecule has 0 aliphatic heterocycles. The summed E-state index contributed by atoms with van der Waals surface area (Å²) >= 11 is 0. The first-order valence-electron chi connectivity index (χ1n) is 6.03. The van der Waals surface area contributed by atoms with E-state index in [1.54, 1.807) is 13.1 Å². The molecule has 6 nitrogen and oxygen atoms in total. The van der Waals surface area contributed by atoms with Crippen LogP contribution in [0.1, 0.15) is 18.9 Å². The van der Waals surface area contributed by atoms with E-state index in [1.165, 1.54) is 0 Å². The SMILES string of the molecule is CCOC(=O)CC(=O)NCc1ccc2cn[nH]c2c1. The van der Waals surface area contributed by atoms with Crippen LogP contribution in [0.3, 0.4) is 0 Å². The Hall–Kier alpha value is -2.37. The third-order valence-corrected chi connectivity index (χ3v) is 2.61. The van der Waals surface area contributed by atoms with Crippen LogP contribution in [0.5, 0.6) is 0 Å². The number of carbonyl (C=O) groups excluding carboxylic acids is 2. The van der Waals surface area contributed by atoms with Gasteiger partial charge >= 0.3 is 5.97 Å². The van der Waals surface area contributed by atoms with Gasteiger partial charge in [-0.25, -0.2) is 0 Å². The van der Waals surface area contributed by atoms with Crippen molar-refractivity contribution in [1.29, 1.82) is 0 Å². The van der Waals surface area contributed by atoms with Gasteiger partial charge in [0.1, 0.15) is 6.42 Å². The summed E-state index contributed by atoms with van der Waals surface area (Å²) < 4.78 is 4.70. The normalized spacial score (nSPS) is 10.4. The number of amides is 1. The molecule has 6 heteroatoms. The smallest absolute Gasteiger partial charge is 0.315 e. The Labute approximate surface area is 110 Å². The Morgan fingerprint density at radius 3 is 3.05 bits per heavy atom. The molecule has 100 valence electrons. The molecule has 0 spiro atoms. The Morgan fingerprint density at radius 1 is 1.42 bits per heavy atom. The molecule has 1 heterocycles. The van der Waals surface area contributed by atoms with Crippen molar-refractivity contribution in [1.82, 2.24) is 15.5 Å². The molecule has 0 fully saturated rings. The Morgan fingerprint density at radius 2 is 2.26 bits per heavy atom. The third kappa shape index (κ3) is 3.54. The van der Waals surface area contributed by atoms with E-state index >= 15 is 0 Å². The standard InChI is InChI=1S/C13H15N3O3/c1-2-19-13(18)6-12(17)14-7-9-3-4-10-8-15-16-11(10)5-9/h3-5,8H,2,6-7H2,1H3,(H,14,17)(H,15,16). The van der Waals surface area contributed by atoms with Crippen molar-refractivity contribution in [3.63, 3.8) is 0 Å². The van der Waals surface area contributed by atoms with Gasteiger partial charge in [0.25, 0.3) is 0 Å². The molecule has 0 radical (unpaired) electrons. The highest BCUT2D eigenvalue weighted by Gasteiger charge is 2.09. The number of benzene rings is 1. The van der Waals surface area contributed by atoms with Gasteiger partial charge in [-0.2, -0.15) is 5.10 Å². The Bertz CT molecular complexity index is 592. The number of nitrogens with one attached hydrogen (secondary N) is 2. The van der Waals surface area contributed by atoms with Gasteiger partial charge in [-0.15, -0.1) is 0 Å². The number of hydrogen-bond donors (Lipinski definition) is 2. The fourth-order valence-corrected chi connectivity index (χ4v) is 1.70. The second kappa shape index (κ2) is 5.99. The van der Waals surface area contributed by atoms with Crippen LogP contribution in [0.25, 0.3) is 10.9 Å². The predicted molar refractivity (Wildman–Crippen MR) is 69.2 cm³/mol. The highest BCUT2D eigenvalue weighted by atomic mass is 16.5. The summed E-state index contributed by atoms with van der Waals surface area (Å²) in [5, 5.41) is 10.5. The van der Waals surface area contributed by atoms with Gasteiger partial charge in [-0.1, -0.05) is 12.1 Å². The lowest BCUT2D eigenvalue weighted by atomic mass is 10.1. The summed E-state index contributed by atoms with van der Waals surface area (Å²) in [4.78, 5) is 22.6. The molecule has 1 amide bonds. The molecule has 2 N–H and O–H groups in total.